The summed E-state index contributed by atoms with van der Waals surface area (Å²) in [5.41, 5.74) is 8.31. The van der Waals surface area contributed by atoms with Crippen molar-refractivity contribution >= 4 is 0 Å². The minimum absolute atomic E-state index is 0.0956. The molecular formula is C14H19N3O3. The highest BCUT2D eigenvalue weighted by atomic mass is 16.6. The van der Waals surface area contributed by atoms with Crippen LogP contribution in [0.25, 0.3) is 0 Å². The van der Waals surface area contributed by atoms with Crippen LogP contribution in [-0.2, 0) is 13.0 Å². The molecule has 0 saturated carbocycles. The minimum Gasteiger partial charge on any atom is -0.493 e. The van der Waals surface area contributed by atoms with Crippen LogP contribution in [0.5, 0.6) is 11.5 Å². The van der Waals surface area contributed by atoms with Gasteiger partial charge in [0.15, 0.2) is 11.5 Å². The highest BCUT2D eigenvalue weighted by molar-refractivity contribution is 5.43. The number of hydrogen-bond acceptors (Lipinski definition) is 6. The normalized spacial score (nSPS) is 12.2. The molecule has 0 aliphatic heterocycles. The number of aryl methyl sites for hydroxylation is 1. The van der Waals surface area contributed by atoms with E-state index in [0.717, 1.165) is 17.7 Å². The lowest BCUT2D eigenvalue weighted by Gasteiger charge is -2.12. The smallest absolute Gasteiger partial charge is 0.162 e. The molecule has 0 radical (unpaired) electrons. The number of nitrogens with two attached hydrogens (primary N) is 1. The number of nitrogens with zero attached hydrogens (tertiary/aromatic N) is 2. The molecule has 0 saturated heterocycles. The molecule has 1 aromatic carbocycles. The maximum atomic E-state index is 5.81. The number of methoxy groups -OCH3 is 1. The average Bonchev–Trinajstić information content (AvgIpc) is 2.81. The number of ether oxygens (including phenoxy) is 2. The van der Waals surface area contributed by atoms with E-state index < -0.39 is 0 Å². The van der Waals surface area contributed by atoms with Crippen molar-refractivity contribution < 1.29 is 14.1 Å². The van der Waals surface area contributed by atoms with Crippen LogP contribution in [-0.4, -0.2) is 23.5 Å². The molecule has 0 aliphatic carbocycles. The standard InChI is InChI=1S/C14H19N3O3/c1-9(15)6-11-4-5-13(18-3)14(7-11)19-8-12-10(2)16-20-17-12/h4-5,7,9H,6,8,15H2,1-3H3. The average molecular weight is 277 g/mol. The summed E-state index contributed by atoms with van der Waals surface area (Å²) in [4.78, 5) is 0. The van der Waals surface area contributed by atoms with Gasteiger partial charge in [0.2, 0.25) is 0 Å². The molecule has 2 N–H and O–H groups in total. The Morgan fingerprint density at radius 2 is 2.10 bits per heavy atom. The zero-order valence-corrected chi connectivity index (χ0v) is 11.9. The first kappa shape index (κ1) is 14.3. The Kier molecular flexibility index (Phi) is 4.57. The third-order valence-corrected chi connectivity index (χ3v) is 2.90. The molecule has 2 aromatic rings. The lowest BCUT2D eigenvalue weighted by atomic mass is 10.1. The topological polar surface area (TPSA) is 83.4 Å². The van der Waals surface area contributed by atoms with Crippen molar-refractivity contribution in [1.82, 2.24) is 10.3 Å². The summed E-state index contributed by atoms with van der Waals surface area (Å²) in [6.07, 6.45) is 0.783. The second kappa shape index (κ2) is 6.38. The molecule has 108 valence electrons. The second-order valence-corrected chi connectivity index (χ2v) is 4.75. The van der Waals surface area contributed by atoms with Crippen molar-refractivity contribution in [2.45, 2.75) is 32.9 Å². The molecule has 1 atom stereocenters. The first-order chi connectivity index (χ1) is 9.60. The van der Waals surface area contributed by atoms with Crippen LogP contribution in [0, 0.1) is 6.92 Å². The first-order valence-electron chi connectivity index (χ1n) is 6.43. The van der Waals surface area contributed by atoms with Crippen LogP contribution in [0.1, 0.15) is 23.9 Å². The summed E-state index contributed by atoms with van der Waals surface area (Å²) in [6, 6.07) is 5.89. The number of rotatable bonds is 6. The van der Waals surface area contributed by atoms with Gasteiger partial charge in [-0.15, -0.1) is 0 Å². The van der Waals surface area contributed by atoms with Crippen molar-refractivity contribution in [3.05, 3.63) is 35.2 Å². The quantitative estimate of drug-likeness (QED) is 0.867. The largest absolute Gasteiger partial charge is 0.493 e. The third kappa shape index (κ3) is 3.48. The van der Waals surface area contributed by atoms with E-state index in [2.05, 4.69) is 14.9 Å². The van der Waals surface area contributed by atoms with Gasteiger partial charge in [0.25, 0.3) is 0 Å². The van der Waals surface area contributed by atoms with Crippen LogP contribution >= 0.6 is 0 Å². The number of aromatic nitrogens is 2. The lowest BCUT2D eigenvalue weighted by Crippen LogP contribution is -2.17. The van der Waals surface area contributed by atoms with Crippen LogP contribution in [0.3, 0.4) is 0 Å². The van der Waals surface area contributed by atoms with Gasteiger partial charge in [0.1, 0.15) is 18.0 Å². The SMILES string of the molecule is COc1ccc(CC(C)N)cc1OCc1nonc1C. The predicted octanol–water partition coefficient (Wildman–Crippen LogP) is 1.86. The highest BCUT2D eigenvalue weighted by Crippen LogP contribution is 2.29. The molecule has 6 nitrogen and oxygen atoms in total. The monoisotopic (exact) mass is 277 g/mol. The minimum atomic E-state index is 0.0956. The molecule has 1 heterocycles. The summed E-state index contributed by atoms with van der Waals surface area (Å²) >= 11 is 0. The van der Waals surface area contributed by atoms with Crippen LogP contribution in [0.15, 0.2) is 22.8 Å². The van der Waals surface area contributed by atoms with E-state index in [0.29, 0.717) is 17.2 Å². The molecule has 0 aliphatic rings. The molecule has 6 heteroatoms. The van der Waals surface area contributed by atoms with Gasteiger partial charge in [0.05, 0.1) is 7.11 Å². The lowest BCUT2D eigenvalue weighted by molar-refractivity contribution is 0.260. The van der Waals surface area contributed by atoms with Crippen molar-refractivity contribution in [3.8, 4) is 11.5 Å². The zero-order chi connectivity index (χ0) is 14.5. The summed E-state index contributed by atoms with van der Waals surface area (Å²) in [5.74, 6) is 1.33. The third-order valence-electron chi connectivity index (χ3n) is 2.90. The number of hydrogen-bond donors (Lipinski definition) is 1. The Morgan fingerprint density at radius 3 is 2.70 bits per heavy atom. The summed E-state index contributed by atoms with van der Waals surface area (Å²) in [5, 5.41) is 7.50. The molecule has 0 bridgehead atoms. The second-order valence-electron chi connectivity index (χ2n) is 4.75. The molecule has 2 rings (SSSR count). The first-order valence-corrected chi connectivity index (χ1v) is 6.43. The Hall–Kier alpha value is -2.08. The van der Waals surface area contributed by atoms with E-state index in [4.69, 9.17) is 15.2 Å². The fourth-order valence-electron chi connectivity index (χ4n) is 1.86. The Balaban J connectivity index is 2.13. The van der Waals surface area contributed by atoms with Crippen LogP contribution < -0.4 is 15.2 Å². The van der Waals surface area contributed by atoms with E-state index in [1.54, 1.807) is 7.11 Å². The van der Waals surface area contributed by atoms with E-state index in [1.165, 1.54) is 0 Å². The van der Waals surface area contributed by atoms with Gasteiger partial charge in [-0.2, -0.15) is 0 Å². The maximum Gasteiger partial charge on any atom is 0.162 e. The van der Waals surface area contributed by atoms with Gasteiger partial charge >= 0.3 is 0 Å². The molecular weight excluding hydrogens is 258 g/mol. The fourth-order valence-corrected chi connectivity index (χ4v) is 1.86. The summed E-state index contributed by atoms with van der Waals surface area (Å²) in [6.45, 7) is 4.07. The number of benzene rings is 1. The Morgan fingerprint density at radius 1 is 1.30 bits per heavy atom. The summed E-state index contributed by atoms with van der Waals surface area (Å²) < 4.78 is 15.7. The van der Waals surface area contributed by atoms with Crippen molar-refractivity contribution in [3.63, 3.8) is 0 Å². The zero-order valence-electron chi connectivity index (χ0n) is 11.9. The van der Waals surface area contributed by atoms with E-state index in [1.807, 2.05) is 32.0 Å². The van der Waals surface area contributed by atoms with Gasteiger partial charge in [-0.1, -0.05) is 16.4 Å². The maximum absolute atomic E-state index is 5.81. The molecule has 1 unspecified atom stereocenters. The molecule has 0 fully saturated rings. The molecule has 0 amide bonds. The molecule has 20 heavy (non-hydrogen) atoms. The van der Waals surface area contributed by atoms with Gasteiger partial charge in [-0.25, -0.2) is 4.63 Å². The van der Waals surface area contributed by atoms with E-state index in [9.17, 15) is 0 Å². The Bertz CT molecular complexity index is 567. The highest BCUT2D eigenvalue weighted by Gasteiger charge is 2.10. The van der Waals surface area contributed by atoms with E-state index >= 15 is 0 Å². The predicted molar refractivity (Wildman–Crippen MR) is 73.7 cm³/mol. The summed E-state index contributed by atoms with van der Waals surface area (Å²) in [7, 11) is 1.61. The Labute approximate surface area is 117 Å². The van der Waals surface area contributed by atoms with Crippen molar-refractivity contribution in [2.24, 2.45) is 5.73 Å². The fraction of sp³-hybridized carbons (Fsp3) is 0.429. The van der Waals surface area contributed by atoms with E-state index in [-0.39, 0.29) is 12.6 Å². The molecule has 1 aromatic heterocycles. The molecule has 0 spiro atoms. The van der Waals surface area contributed by atoms with Crippen LogP contribution in [0.4, 0.5) is 0 Å². The van der Waals surface area contributed by atoms with Gasteiger partial charge in [0, 0.05) is 6.04 Å². The van der Waals surface area contributed by atoms with Gasteiger partial charge in [-0.3, -0.25) is 0 Å². The van der Waals surface area contributed by atoms with Gasteiger partial charge < -0.3 is 15.2 Å². The van der Waals surface area contributed by atoms with Gasteiger partial charge in [-0.05, 0) is 38.0 Å². The van der Waals surface area contributed by atoms with Crippen molar-refractivity contribution in [1.29, 1.82) is 0 Å². The van der Waals surface area contributed by atoms with Crippen molar-refractivity contribution in [2.75, 3.05) is 7.11 Å². The van der Waals surface area contributed by atoms with Crippen LogP contribution in [0.2, 0.25) is 0 Å².